The van der Waals surface area contributed by atoms with Crippen molar-refractivity contribution >= 4 is 0 Å². The summed E-state index contributed by atoms with van der Waals surface area (Å²) in [5.74, 6) is 2.72. The Morgan fingerprint density at radius 3 is 2.60 bits per heavy atom. The third-order valence-corrected chi connectivity index (χ3v) is 1.11. The molecule has 0 bridgehead atoms. The van der Waals surface area contributed by atoms with Crippen LogP contribution in [-0.4, -0.2) is 5.11 Å². The quantitative estimate of drug-likeness (QED) is 0.403. The second kappa shape index (κ2) is 2.79. The van der Waals surface area contributed by atoms with Gasteiger partial charge in [0.05, 0.1) is 5.56 Å². The van der Waals surface area contributed by atoms with Gasteiger partial charge in [-0.3, -0.25) is 0 Å². The van der Waals surface area contributed by atoms with Gasteiger partial charge in [-0.05, 0) is 18.1 Å². The molecule has 1 rings (SSSR count). The maximum Gasteiger partial charge on any atom is 0.131 e. The van der Waals surface area contributed by atoms with Crippen molar-refractivity contribution in [3.8, 4) is 17.7 Å². The normalized spacial score (nSPS) is 8.00. The second-order valence-electron chi connectivity index (χ2n) is 1.79. The lowest BCUT2D eigenvalue weighted by atomic mass is 10.2. The predicted molar refractivity (Wildman–Crippen MR) is 39.2 cm³/mol. The molecule has 0 aliphatic rings. The molecule has 0 aliphatic heterocycles. The Kier molecular flexibility index (Phi) is 1.81. The molecule has 0 atom stereocenters. The first-order valence-electron chi connectivity index (χ1n) is 2.84. The molecule has 1 aromatic rings. The summed E-state index contributed by atoms with van der Waals surface area (Å²) in [6.07, 6.45) is 0. The third kappa shape index (κ3) is 1.20. The molecule has 0 heterocycles. The fraction of sp³-hybridized carbons (Fsp3) is 0. The van der Waals surface area contributed by atoms with Gasteiger partial charge in [-0.15, -0.1) is 0 Å². The summed E-state index contributed by atoms with van der Waals surface area (Å²) >= 11 is 0. The van der Waals surface area contributed by atoms with Gasteiger partial charge in [0, 0.05) is 6.04 Å². The Balaban J connectivity index is 3.11. The molecule has 50 valence electrons. The van der Waals surface area contributed by atoms with Crippen molar-refractivity contribution in [2.45, 2.75) is 0 Å². The van der Waals surface area contributed by atoms with Gasteiger partial charge >= 0.3 is 0 Å². The fourth-order valence-electron chi connectivity index (χ4n) is 0.657. The molecule has 0 aromatic heterocycles. The minimum absolute atomic E-state index is 0.167. The molecule has 2 heteroatoms. The molecule has 0 aliphatic carbocycles. The summed E-state index contributed by atoms with van der Waals surface area (Å²) in [4.78, 5) is 0. The molecule has 0 radical (unpaired) electrons. The van der Waals surface area contributed by atoms with Crippen LogP contribution in [0.2, 0.25) is 0 Å². The zero-order valence-electron chi connectivity index (χ0n) is 5.33. The van der Waals surface area contributed by atoms with Gasteiger partial charge in [0.15, 0.2) is 0 Å². The van der Waals surface area contributed by atoms with Crippen molar-refractivity contribution in [2.75, 3.05) is 0 Å². The Bertz CT molecular complexity index is 283. The van der Waals surface area contributed by atoms with Crippen molar-refractivity contribution in [3.05, 3.63) is 29.8 Å². The largest absolute Gasteiger partial charge is 0.507 e. The highest BCUT2D eigenvalue weighted by Gasteiger charge is 1.91. The summed E-state index contributed by atoms with van der Waals surface area (Å²) < 4.78 is 0. The Morgan fingerprint density at radius 1 is 1.30 bits per heavy atom. The van der Waals surface area contributed by atoms with E-state index in [2.05, 4.69) is 12.0 Å². The predicted octanol–water partition coefficient (Wildman–Crippen LogP) is 0.660. The topological polar surface area (TPSA) is 46.2 Å². The van der Waals surface area contributed by atoms with Gasteiger partial charge < -0.3 is 10.8 Å². The van der Waals surface area contributed by atoms with Crippen LogP contribution in [0.1, 0.15) is 5.56 Å². The van der Waals surface area contributed by atoms with E-state index >= 15 is 0 Å². The van der Waals surface area contributed by atoms with E-state index in [1.54, 1.807) is 24.3 Å². The number of rotatable bonds is 0. The lowest BCUT2D eigenvalue weighted by Gasteiger charge is -1.92. The van der Waals surface area contributed by atoms with E-state index in [9.17, 15) is 0 Å². The zero-order valence-corrected chi connectivity index (χ0v) is 5.33. The molecular weight excluding hydrogens is 126 g/mol. The zero-order chi connectivity index (χ0) is 7.40. The summed E-state index contributed by atoms with van der Waals surface area (Å²) in [7, 11) is 0. The van der Waals surface area contributed by atoms with Crippen molar-refractivity contribution < 1.29 is 5.11 Å². The molecule has 3 N–H and O–H groups in total. The van der Waals surface area contributed by atoms with E-state index in [-0.39, 0.29) is 5.75 Å². The minimum Gasteiger partial charge on any atom is -0.507 e. The first-order chi connectivity index (χ1) is 4.84. The van der Waals surface area contributed by atoms with E-state index in [1.165, 1.54) is 0 Å². The molecule has 0 spiro atoms. The first-order valence-corrected chi connectivity index (χ1v) is 2.84. The van der Waals surface area contributed by atoms with Crippen LogP contribution in [-0.2, 0) is 0 Å². The lowest BCUT2D eigenvalue weighted by Crippen LogP contribution is -1.79. The van der Waals surface area contributed by atoms with Gasteiger partial charge in [-0.2, -0.15) is 0 Å². The highest BCUT2D eigenvalue weighted by Crippen LogP contribution is 2.12. The highest BCUT2D eigenvalue weighted by molar-refractivity contribution is 5.44. The SMILES string of the molecule is NC#Cc1ccccc1O. The highest BCUT2D eigenvalue weighted by atomic mass is 16.3. The van der Waals surface area contributed by atoms with Crippen LogP contribution in [0.3, 0.4) is 0 Å². The maximum atomic E-state index is 9.08. The molecule has 0 saturated carbocycles. The minimum atomic E-state index is 0.167. The number of nitrogens with two attached hydrogens (primary N) is 1. The molecule has 10 heavy (non-hydrogen) atoms. The number of hydrogen-bond acceptors (Lipinski definition) is 2. The van der Waals surface area contributed by atoms with Crippen LogP contribution >= 0.6 is 0 Å². The molecule has 0 fully saturated rings. The van der Waals surface area contributed by atoms with E-state index in [0.29, 0.717) is 5.56 Å². The van der Waals surface area contributed by atoms with Crippen LogP contribution in [0.25, 0.3) is 0 Å². The number of aromatic hydroxyl groups is 1. The summed E-state index contributed by atoms with van der Waals surface area (Å²) in [6, 6.07) is 9.01. The number of benzene rings is 1. The van der Waals surface area contributed by atoms with E-state index in [4.69, 9.17) is 10.8 Å². The van der Waals surface area contributed by atoms with Crippen LogP contribution in [0.5, 0.6) is 5.75 Å². The van der Waals surface area contributed by atoms with E-state index in [0.717, 1.165) is 0 Å². The monoisotopic (exact) mass is 133 g/mol. The van der Waals surface area contributed by atoms with Gasteiger partial charge in [-0.1, -0.05) is 12.1 Å². The smallest absolute Gasteiger partial charge is 0.131 e. The van der Waals surface area contributed by atoms with Crippen molar-refractivity contribution in [2.24, 2.45) is 5.73 Å². The third-order valence-electron chi connectivity index (χ3n) is 1.11. The average Bonchev–Trinajstić information content (AvgIpc) is 1.94. The van der Waals surface area contributed by atoms with Crippen molar-refractivity contribution in [1.29, 1.82) is 0 Å². The molecule has 0 unspecified atom stereocenters. The number of hydrogen-bond donors (Lipinski definition) is 2. The standard InChI is InChI=1S/C8H7NO/c9-6-5-7-3-1-2-4-8(7)10/h1-4,10H,9H2. The summed E-state index contributed by atoms with van der Waals surface area (Å²) in [5, 5.41) is 9.08. The van der Waals surface area contributed by atoms with E-state index < -0.39 is 0 Å². The van der Waals surface area contributed by atoms with Gasteiger partial charge in [0.1, 0.15) is 5.75 Å². The fourth-order valence-corrected chi connectivity index (χ4v) is 0.657. The van der Waals surface area contributed by atoms with Crippen LogP contribution in [0, 0.1) is 12.0 Å². The maximum absolute atomic E-state index is 9.08. The van der Waals surface area contributed by atoms with Gasteiger partial charge in [0.2, 0.25) is 0 Å². The van der Waals surface area contributed by atoms with Crippen molar-refractivity contribution in [1.82, 2.24) is 0 Å². The van der Waals surface area contributed by atoms with Crippen molar-refractivity contribution in [3.63, 3.8) is 0 Å². The van der Waals surface area contributed by atoms with Crippen LogP contribution < -0.4 is 5.73 Å². The molecule has 0 amide bonds. The Morgan fingerprint density at radius 2 is 2.00 bits per heavy atom. The summed E-state index contributed by atoms with van der Waals surface area (Å²) in [6.45, 7) is 0. The van der Waals surface area contributed by atoms with E-state index in [1.807, 2.05) is 0 Å². The average molecular weight is 133 g/mol. The first kappa shape index (κ1) is 6.50. The Hall–Kier alpha value is -1.62. The second-order valence-corrected chi connectivity index (χ2v) is 1.79. The van der Waals surface area contributed by atoms with Gasteiger partial charge in [-0.25, -0.2) is 0 Å². The number of phenolic OH excluding ortho intramolecular Hbond substituents is 1. The molecular formula is C8H7NO. The van der Waals surface area contributed by atoms with Gasteiger partial charge in [0.25, 0.3) is 0 Å². The number of phenols is 1. The van der Waals surface area contributed by atoms with Crippen LogP contribution in [0.15, 0.2) is 24.3 Å². The lowest BCUT2D eigenvalue weighted by molar-refractivity contribution is 0.473. The summed E-state index contributed by atoms with van der Waals surface area (Å²) in [5.41, 5.74) is 5.52. The Labute approximate surface area is 59.3 Å². The number of para-hydroxylation sites is 1. The molecule has 2 nitrogen and oxygen atoms in total. The molecule has 0 saturated heterocycles. The molecule has 1 aromatic carbocycles. The van der Waals surface area contributed by atoms with Crippen LogP contribution in [0.4, 0.5) is 0 Å².